The van der Waals surface area contributed by atoms with E-state index in [-0.39, 0.29) is 22.8 Å². The number of phenols is 1. The number of aromatic nitrogens is 2. The monoisotopic (exact) mass is 372 g/mol. The third-order valence-electron chi connectivity index (χ3n) is 5.98. The zero-order valence-electron chi connectivity index (χ0n) is 15.6. The molecular formula is C19H24N4O4. The molecule has 1 aromatic heterocycles. The Kier molecular flexibility index (Phi) is 4.38. The molecule has 2 heterocycles. The lowest BCUT2D eigenvalue weighted by Gasteiger charge is -2.24. The number of benzene rings is 1. The van der Waals surface area contributed by atoms with E-state index >= 15 is 0 Å². The Bertz CT molecular complexity index is 865. The quantitative estimate of drug-likeness (QED) is 0.633. The summed E-state index contributed by atoms with van der Waals surface area (Å²) < 4.78 is 5.66. The summed E-state index contributed by atoms with van der Waals surface area (Å²) in [4.78, 5) is 17.8. The summed E-state index contributed by atoms with van der Waals surface area (Å²) >= 11 is 0. The molecule has 1 saturated carbocycles. The number of phenolic OH excluding ortho intramolecular Hbond substituents is 1. The van der Waals surface area contributed by atoms with E-state index in [0.29, 0.717) is 23.9 Å². The van der Waals surface area contributed by atoms with Crippen molar-refractivity contribution in [2.24, 2.45) is 5.92 Å². The molecule has 8 nitrogen and oxygen atoms in total. The second-order valence-electron chi connectivity index (χ2n) is 8.10. The minimum absolute atomic E-state index is 0.0405. The lowest BCUT2D eigenvalue weighted by molar-refractivity contribution is -0.385. The topological polar surface area (TPSA) is 106 Å². The van der Waals surface area contributed by atoms with Crippen LogP contribution in [0.25, 0.3) is 0 Å². The van der Waals surface area contributed by atoms with E-state index in [1.807, 2.05) is 13.8 Å². The highest BCUT2D eigenvalue weighted by atomic mass is 16.6. The van der Waals surface area contributed by atoms with Crippen molar-refractivity contribution >= 4 is 5.69 Å². The van der Waals surface area contributed by atoms with Crippen LogP contribution < -0.4 is 0 Å². The minimum Gasteiger partial charge on any atom is -0.508 e. The predicted molar refractivity (Wildman–Crippen MR) is 97.4 cm³/mol. The van der Waals surface area contributed by atoms with Crippen molar-refractivity contribution < 1.29 is 14.6 Å². The van der Waals surface area contributed by atoms with Gasteiger partial charge in [0.15, 0.2) is 5.82 Å². The zero-order valence-corrected chi connectivity index (χ0v) is 15.6. The fraction of sp³-hybridized carbons (Fsp3) is 0.579. The molecule has 2 fully saturated rings. The number of likely N-dealkylation sites (tertiary alicyclic amines) is 1. The first-order valence-electron chi connectivity index (χ1n) is 9.42. The van der Waals surface area contributed by atoms with Crippen molar-refractivity contribution in [2.75, 3.05) is 13.1 Å². The summed E-state index contributed by atoms with van der Waals surface area (Å²) in [7, 11) is 0. The lowest BCUT2D eigenvalue weighted by atomic mass is 9.80. The van der Waals surface area contributed by atoms with Gasteiger partial charge >= 0.3 is 0 Å². The molecule has 2 aromatic rings. The molecule has 0 spiro atoms. The van der Waals surface area contributed by atoms with Crippen LogP contribution in [-0.4, -0.2) is 38.2 Å². The van der Waals surface area contributed by atoms with Gasteiger partial charge in [0.1, 0.15) is 5.75 Å². The average molecular weight is 372 g/mol. The molecule has 1 aromatic carbocycles. The van der Waals surface area contributed by atoms with Gasteiger partial charge in [0, 0.05) is 37.2 Å². The standard InChI is InChI=1S/C19H24N4O4/c1-12(2)17-20-18(27-21-17)19-7-3-4-14(19)10-22(11-19)9-13-8-15(24)5-6-16(13)23(25)26/h5-6,8,12,14,24H,3-4,7,9-11H2,1-2H3/t14-,19-/m1/s1. The highest BCUT2D eigenvalue weighted by molar-refractivity contribution is 5.44. The molecular weight excluding hydrogens is 348 g/mol. The Labute approximate surface area is 157 Å². The average Bonchev–Trinajstić information content (AvgIpc) is 3.27. The van der Waals surface area contributed by atoms with Crippen molar-refractivity contribution in [3.63, 3.8) is 0 Å². The number of nitro benzene ring substituents is 1. The van der Waals surface area contributed by atoms with E-state index in [4.69, 9.17) is 4.52 Å². The van der Waals surface area contributed by atoms with Crippen LogP contribution in [0.15, 0.2) is 22.7 Å². The molecule has 1 N–H and O–H groups in total. The van der Waals surface area contributed by atoms with Crippen molar-refractivity contribution in [1.29, 1.82) is 0 Å². The Morgan fingerprint density at radius 3 is 3.00 bits per heavy atom. The maximum absolute atomic E-state index is 11.3. The van der Waals surface area contributed by atoms with Crippen LogP contribution >= 0.6 is 0 Å². The molecule has 1 aliphatic carbocycles. The molecule has 2 aliphatic rings. The van der Waals surface area contributed by atoms with Gasteiger partial charge in [0.2, 0.25) is 5.89 Å². The van der Waals surface area contributed by atoms with Crippen LogP contribution in [0.4, 0.5) is 5.69 Å². The van der Waals surface area contributed by atoms with Gasteiger partial charge in [-0.15, -0.1) is 0 Å². The first-order valence-corrected chi connectivity index (χ1v) is 9.42. The minimum atomic E-state index is -0.394. The molecule has 0 unspecified atom stereocenters. The van der Waals surface area contributed by atoms with Crippen molar-refractivity contribution in [2.45, 2.75) is 51.0 Å². The molecule has 0 radical (unpaired) electrons. The number of fused-ring (bicyclic) bond motifs is 1. The summed E-state index contributed by atoms with van der Waals surface area (Å²) in [5.74, 6) is 2.11. The van der Waals surface area contributed by atoms with E-state index in [2.05, 4.69) is 15.0 Å². The Balaban J connectivity index is 1.60. The first-order chi connectivity index (χ1) is 12.9. The van der Waals surface area contributed by atoms with Gasteiger partial charge in [-0.2, -0.15) is 4.98 Å². The summed E-state index contributed by atoms with van der Waals surface area (Å²) in [5, 5.41) is 25.2. The number of hydrogen-bond acceptors (Lipinski definition) is 7. The Morgan fingerprint density at radius 2 is 2.30 bits per heavy atom. The molecule has 1 saturated heterocycles. The van der Waals surface area contributed by atoms with E-state index < -0.39 is 4.92 Å². The maximum atomic E-state index is 11.3. The van der Waals surface area contributed by atoms with Gasteiger partial charge in [-0.05, 0) is 30.9 Å². The van der Waals surface area contributed by atoms with E-state index in [0.717, 1.165) is 38.2 Å². The molecule has 4 rings (SSSR count). The highest BCUT2D eigenvalue weighted by Gasteiger charge is 2.54. The number of hydrogen-bond donors (Lipinski definition) is 1. The van der Waals surface area contributed by atoms with Crippen LogP contribution in [0.5, 0.6) is 5.75 Å². The van der Waals surface area contributed by atoms with E-state index in [1.54, 1.807) is 0 Å². The summed E-state index contributed by atoms with van der Waals surface area (Å²) in [5.41, 5.74) is 0.411. The van der Waals surface area contributed by atoms with Crippen LogP contribution in [0, 0.1) is 16.0 Å². The predicted octanol–water partition coefficient (Wildman–Crippen LogP) is 3.36. The van der Waals surface area contributed by atoms with Gasteiger partial charge < -0.3 is 9.63 Å². The Hall–Kier alpha value is -2.48. The van der Waals surface area contributed by atoms with E-state index in [1.165, 1.54) is 18.2 Å². The van der Waals surface area contributed by atoms with Crippen molar-refractivity contribution in [3.05, 3.63) is 45.6 Å². The van der Waals surface area contributed by atoms with Crippen LogP contribution in [0.1, 0.15) is 56.3 Å². The SMILES string of the molecule is CC(C)c1noc([C@@]23CCC[C@@H]2CN(Cc2cc(O)ccc2[N+](=O)[O-])C3)n1. The van der Waals surface area contributed by atoms with Crippen LogP contribution in [-0.2, 0) is 12.0 Å². The maximum Gasteiger partial charge on any atom is 0.274 e. The van der Waals surface area contributed by atoms with Crippen molar-refractivity contribution in [3.8, 4) is 5.75 Å². The van der Waals surface area contributed by atoms with Crippen LogP contribution in [0.3, 0.4) is 0 Å². The molecule has 144 valence electrons. The number of nitrogens with zero attached hydrogens (tertiary/aromatic N) is 4. The molecule has 8 heteroatoms. The second kappa shape index (κ2) is 6.60. The number of nitro groups is 1. The third kappa shape index (κ3) is 3.07. The normalized spacial score (nSPS) is 25.2. The second-order valence-corrected chi connectivity index (χ2v) is 8.10. The van der Waals surface area contributed by atoms with Gasteiger partial charge in [0.25, 0.3) is 5.69 Å². The molecule has 27 heavy (non-hydrogen) atoms. The fourth-order valence-corrected chi connectivity index (χ4v) is 4.65. The summed E-state index contributed by atoms with van der Waals surface area (Å²) in [6.07, 6.45) is 3.22. The lowest BCUT2D eigenvalue weighted by Crippen LogP contribution is -2.32. The van der Waals surface area contributed by atoms with Gasteiger partial charge in [0.05, 0.1) is 10.3 Å². The number of rotatable bonds is 5. The summed E-state index contributed by atoms with van der Waals surface area (Å²) in [6.45, 7) is 6.09. The molecule has 0 amide bonds. The van der Waals surface area contributed by atoms with Crippen molar-refractivity contribution in [1.82, 2.24) is 15.0 Å². The summed E-state index contributed by atoms with van der Waals surface area (Å²) in [6, 6.07) is 4.21. The number of aromatic hydroxyl groups is 1. The largest absolute Gasteiger partial charge is 0.508 e. The highest BCUT2D eigenvalue weighted by Crippen LogP contribution is 2.50. The fourth-order valence-electron chi connectivity index (χ4n) is 4.65. The zero-order chi connectivity index (χ0) is 19.2. The third-order valence-corrected chi connectivity index (χ3v) is 5.98. The smallest absolute Gasteiger partial charge is 0.274 e. The first kappa shape index (κ1) is 17.9. The van der Waals surface area contributed by atoms with Gasteiger partial charge in [-0.25, -0.2) is 0 Å². The molecule has 2 atom stereocenters. The van der Waals surface area contributed by atoms with Crippen LogP contribution in [0.2, 0.25) is 0 Å². The van der Waals surface area contributed by atoms with Gasteiger partial charge in [-0.1, -0.05) is 25.4 Å². The molecule has 0 bridgehead atoms. The Morgan fingerprint density at radius 1 is 1.48 bits per heavy atom. The van der Waals surface area contributed by atoms with Gasteiger partial charge in [-0.3, -0.25) is 15.0 Å². The molecule has 1 aliphatic heterocycles. The van der Waals surface area contributed by atoms with E-state index in [9.17, 15) is 15.2 Å².